The van der Waals surface area contributed by atoms with Crippen LogP contribution in [0.5, 0.6) is 0 Å². The van der Waals surface area contributed by atoms with Gasteiger partial charge in [-0.3, -0.25) is 9.69 Å². The van der Waals surface area contributed by atoms with E-state index in [9.17, 15) is 4.79 Å². The zero-order chi connectivity index (χ0) is 9.84. The van der Waals surface area contributed by atoms with E-state index in [4.69, 9.17) is 10.5 Å². The van der Waals surface area contributed by atoms with Gasteiger partial charge in [-0.2, -0.15) is 0 Å². The molecule has 2 atom stereocenters. The smallest absolute Gasteiger partial charge is 0.237 e. The average molecular weight is 186 g/mol. The van der Waals surface area contributed by atoms with Crippen LogP contribution in [0.15, 0.2) is 0 Å². The Labute approximate surface area is 79.0 Å². The number of rotatable bonds is 3. The van der Waals surface area contributed by atoms with Crippen molar-refractivity contribution in [3.8, 4) is 0 Å². The number of primary amides is 1. The lowest BCUT2D eigenvalue weighted by Gasteiger charge is -2.37. The summed E-state index contributed by atoms with van der Waals surface area (Å²) in [5.74, 6) is -0.278. The standard InChI is InChI=1S/C9H18N2O2/c1-3-7(2)11-4-5-13-6-8(11)9(10)12/h7-8H,3-6H2,1-2H3,(H2,10,12). The Morgan fingerprint density at radius 1 is 1.77 bits per heavy atom. The summed E-state index contributed by atoms with van der Waals surface area (Å²) in [4.78, 5) is 13.2. The molecule has 1 fully saturated rings. The molecule has 76 valence electrons. The number of nitrogens with zero attached hydrogens (tertiary/aromatic N) is 1. The van der Waals surface area contributed by atoms with Crippen molar-refractivity contribution in [3.05, 3.63) is 0 Å². The first kappa shape index (κ1) is 10.5. The molecule has 0 aromatic heterocycles. The van der Waals surface area contributed by atoms with Crippen molar-refractivity contribution in [1.82, 2.24) is 4.90 Å². The largest absolute Gasteiger partial charge is 0.378 e. The van der Waals surface area contributed by atoms with Crippen LogP contribution in [0.1, 0.15) is 20.3 Å². The molecule has 0 aliphatic carbocycles. The maximum absolute atomic E-state index is 11.1. The molecular formula is C9H18N2O2. The van der Waals surface area contributed by atoms with E-state index >= 15 is 0 Å². The van der Waals surface area contributed by atoms with Gasteiger partial charge in [-0.05, 0) is 13.3 Å². The molecule has 0 aromatic carbocycles. The van der Waals surface area contributed by atoms with Crippen molar-refractivity contribution in [3.63, 3.8) is 0 Å². The van der Waals surface area contributed by atoms with Crippen molar-refractivity contribution in [2.45, 2.75) is 32.4 Å². The van der Waals surface area contributed by atoms with E-state index in [2.05, 4.69) is 18.7 Å². The number of nitrogens with two attached hydrogens (primary N) is 1. The second kappa shape index (κ2) is 4.58. The zero-order valence-electron chi connectivity index (χ0n) is 8.32. The topological polar surface area (TPSA) is 55.6 Å². The fourth-order valence-electron chi connectivity index (χ4n) is 1.62. The first-order chi connectivity index (χ1) is 6.16. The summed E-state index contributed by atoms with van der Waals surface area (Å²) in [6, 6.07) is 0.171. The monoisotopic (exact) mass is 186 g/mol. The molecule has 1 rings (SSSR count). The second-order valence-electron chi connectivity index (χ2n) is 3.49. The minimum absolute atomic E-state index is 0.233. The fraction of sp³-hybridized carbons (Fsp3) is 0.889. The Morgan fingerprint density at radius 3 is 3.00 bits per heavy atom. The molecule has 4 heteroatoms. The van der Waals surface area contributed by atoms with Gasteiger partial charge in [0.1, 0.15) is 6.04 Å². The highest BCUT2D eigenvalue weighted by Crippen LogP contribution is 2.12. The first-order valence-electron chi connectivity index (χ1n) is 4.79. The van der Waals surface area contributed by atoms with E-state index in [-0.39, 0.29) is 11.9 Å². The van der Waals surface area contributed by atoms with Gasteiger partial charge in [-0.15, -0.1) is 0 Å². The van der Waals surface area contributed by atoms with Crippen molar-refractivity contribution in [2.75, 3.05) is 19.8 Å². The molecule has 2 unspecified atom stereocenters. The summed E-state index contributed by atoms with van der Waals surface area (Å²) in [6.07, 6.45) is 1.03. The van der Waals surface area contributed by atoms with Gasteiger partial charge >= 0.3 is 0 Å². The van der Waals surface area contributed by atoms with Gasteiger partial charge in [0.15, 0.2) is 0 Å². The molecule has 1 aliphatic heterocycles. The molecule has 0 saturated carbocycles. The maximum Gasteiger partial charge on any atom is 0.237 e. The molecule has 0 bridgehead atoms. The summed E-state index contributed by atoms with van der Waals surface area (Å²) in [6.45, 7) is 6.18. The van der Waals surface area contributed by atoms with Crippen LogP contribution >= 0.6 is 0 Å². The molecule has 2 N–H and O–H groups in total. The number of morpholine rings is 1. The molecule has 4 nitrogen and oxygen atoms in total. The Bertz CT molecular complexity index is 184. The van der Waals surface area contributed by atoms with Crippen LogP contribution in [0, 0.1) is 0 Å². The summed E-state index contributed by atoms with van der Waals surface area (Å²) < 4.78 is 5.23. The van der Waals surface area contributed by atoms with Gasteiger partial charge in [0.25, 0.3) is 0 Å². The normalized spacial score (nSPS) is 27.1. The van der Waals surface area contributed by atoms with Gasteiger partial charge in [0.05, 0.1) is 13.2 Å². The number of carbonyl (C=O) groups is 1. The van der Waals surface area contributed by atoms with Gasteiger partial charge < -0.3 is 10.5 Å². The number of ether oxygens (including phenoxy) is 1. The molecule has 0 radical (unpaired) electrons. The Balaban J connectivity index is 2.61. The Morgan fingerprint density at radius 2 is 2.46 bits per heavy atom. The average Bonchev–Trinajstić information content (AvgIpc) is 2.16. The quantitative estimate of drug-likeness (QED) is 0.673. The third kappa shape index (κ3) is 2.42. The summed E-state index contributed by atoms with van der Waals surface area (Å²) >= 11 is 0. The maximum atomic E-state index is 11.1. The van der Waals surface area contributed by atoms with Crippen molar-refractivity contribution >= 4 is 5.91 Å². The predicted molar refractivity (Wildman–Crippen MR) is 50.3 cm³/mol. The van der Waals surface area contributed by atoms with Gasteiger partial charge in [-0.1, -0.05) is 6.92 Å². The molecule has 13 heavy (non-hydrogen) atoms. The van der Waals surface area contributed by atoms with Crippen molar-refractivity contribution in [2.24, 2.45) is 5.73 Å². The Kier molecular flexibility index (Phi) is 3.69. The highest BCUT2D eigenvalue weighted by molar-refractivity contribution is 5.80. The number of amides is 1. The van der Waals surface area contributed by atoms with E-state index in [1.54, 1.807) is 0 Å². The molecule has 1 saturated heterocycles. The number of hydrogen-bond acceptors (Lipinski definition) is 3. The third-order valence-corrected chi connectivity index (χ3v) is 2.66. The highest BCUT2D eigenvalue weighted by Gasteiger charge is 2.29. The van der Waals surface area contributed by atoms with Gasteiger partial charge in [0.2, 0.25) is 5.91 Å². The lowest BCUT2D eigenvalue weighted by atomic mass is 10.1. The van der Waals surface area contributed by atoms with E-state index < -0.39 is 0 Å². The van der Waals surface area contributed by atoms with Crippen molar-refractivity contribution in [1.29, 1.82) is 0 Å². The van der Waals surface area contributed by atoms with Gasteiger partial charge in [-0.25, -0.2) is 0 Å². The minimum atomic E-state index is -0.278. The molecule has 1 aliphatic rings. The molecule has 1 amide bonds. The van der Waals surface area contributed by atoms with Crippen LogP contribution in [0.2, 0.25) is 0 Å². The molecular weight excluding hydrogens is 168 g/mol. The van der Waals surface area contributed by atoms with Crippen LogP contribution < -0.4 is 5.73 Å². The molecule has 1 heterocycles. The Hall–Kier alpha value is -0.610. The fourth-order valence-corrected chi connectivity index (χ4v) is 1.62. The van der Waals surface area contributed by atoms with Crippen LogP contribution in [0.3, 0.4) is 0 Å². The molecule has 0 spiro atoms. The van der Waals surface area contributed by atoms with E-state index in [1.165, 1.54) is 0 Å². The minimum Gasteiger partial charge on any atom is -0.378 e. The number of carbonyl (C=O) groups excluding carboxylic acids is 1. The van der Waals surface area contributed by atoms with E-state index in [0.717, 1.165) is 13.0 Å². The van der Waals surface area contributed by atoms with Crippen LogP contribution in [-0.4, -0.2) is 42.6 Å². The lowest BCUT2D eigenvalue weighted by molar-refractivity contribution is -0.131. The summed E-state index contributed by atoms with van der Waals surface area (Å²) in [5, 5.41) is 0. The first-order valence-corrected chi connectivity index (χ1v) is 4.79. The van der Waals surface area contributed by atoms with Gasteiger partial charge in [0, 0.05) is 12.6 Å². The predicted octanol–water partition coefficient (Wildman–Crippen LogP) is -0.0290. The van der Waals surface area contributed by atoms with Crippen molar-refractivity contribution < 1.29 is 9.53 Å². The van der Waals surface area contributed by atoms with Crippen LogP contribution in [0.4, 0.5) is 0 Å². The highest BCUT2D eigenvalue weighted by atomic mass is 16.5. The molecule has 0 aromatic rings. The summed E-state index contributed by atoms with van der Waals surface area (Å²) in [7, 11) is 0. The SMILES string of the molecule is CCC(C)N1CCOCC1C(N)=O. The van der Waals surface area contributed by atoms with E-state index in [0.29, 0.717) is 19.3 Å². The number of hydrogen-bond donors (Lipinski definition) is 1. The lowest BCUT2D eigenvalue weighted by Crippen LogP contribution is -2.55. The van der Waals surface area contributed by atoms with Crippen LogP contribution in [-0.2, 0) is 9.53 Å². The van der Waals surface area contributed by atoms with Crippen LogP contribution in [0.25, 0.3) is 0 Å². The zero-order valence-corrected chi connectivity index (χ0v) is 8.32. The third-order valence-electron chi connectivity index (χ3n) is 2.66. The van der Waals surface area contributed by atoms with E-state index in [1.807, 2.05) is 0 Å². The summed E-state index contributed by atoms with van der Waals surface area (Å²) in [5.41, 5.74) is 5.29. The second-order valence-corrected chi connectivity index (χ2v) is 3.49.